The molecule has 0 aromatic heterocycles. The molecular formula is C8H15NO2. The first-order valence-corrected chi connectivity index (χ1v) is 3.99. The van der Waals surface area contributed by atoms with Gasteiger partial charge in [-0.2, -0.15) is 0 Å². The molecular weight excluding hydrogens is 142 g/mol. The fourth-order valence-corrected chi connectivity index (χ4v) is 0.846. The van der Waals surface area contributed by atoms with Gasteiger partial charge in [0.05, 0.1) is 0 Å². The van der Waals surface area contributed by atoms with Crippen LogP contribution in [0.1, 0.15) is 26.7 Å². The second-order valence-electron chi connectivity index (χ2n) is 2.52. The molecule has 0 unspecified atom stereocenters. The summed E-state index contributed by atoms with van der Waals surface area (Å²) in [5.74, 6) is 0.116. The molecule has 0 spiro atoms. The highest BCUT2D eigenvalue weighted by molar-refractivity contribution is 4.86. The summed E-state index contributed by atoms with van der Waals surface area (Å²) < 4.78 is 0. The van der Waals surface area contributed by atoms with Crippen molar-refractivity contribution in [3.05, 3.63) is 22.3 Å². The summed E-state index contributed by atoms with van der Waals surface area (Å²) in [6, 6.07) is 0. The van der Waals surface area contributed by atoms with Crippen LogP contribution in [0.15, 0.2) is 12.2 Å². The van der Waals surface area contributed by atoms with Crippen LogP contribution in [-0.4, -0.2) is 11.5 Å². The molecule has 0 rings (SSSR count). The highest BCUT2D eigenvalue weighted by atomic mass is 16.6. The van der Waals surface area contributed by atoms with E-state index in [2.05, 4.69) is 0 Å². The van der Waals surface area contributed by atoms with Gasteiger partial charge in [0.15, 0.2) is 0 Å². The monoisotopic (exact) mass is 157 g/mol. The zero-order valence-electron chi connectivity index (χ0n) is 7.12. The van der Waals surface area contributed by atoms with E-state index in [9.17, 15) is 10.1 Å². The van der Waals surface area contributed by atoms with Crippen LogP contribution in [0, 0.1) is 16.0 Å². The summed E-state index contributed by atoms with van der Waals surface area (Å²) in [4.78, 5) is 9.85. The van der Waals surface area contributed by atoms with Gasteiger partial charge in [-0.25, -0.2) is 0 Å². The zero-order chi connectivity index (χ0) is 8.69. The van der Waals surface area contributed by atoms with Crippen molar-refractivity contribution in [3.8, 4) is 0 Å². The van der Waals surface area contributed by atoms with E-state index in [1.165, 1.54) is 0 Å². The third-order valence-corrected chi connectivity index (χ3v) is 1.55. The van der Waals surface area contributed by atoms with Gasteiger partial charge in [0.2, 0.25) is 6.54 Å². The summed E-state index contributed by atoms with van der Waals surface area (Å²) in [6.45, 7) is 4.05. The Balaban J connectivity index is 3.75. The Hall–Kier alpha value is -0.860. The fraction of sp³-hybridized carbons (Fsp3) is 0.750. The van der Waals surface area contributed by atoms with Gasteiger partial charge in [0, 0.05) is 10.8 Å². The second kappa shape index (κ2) is 5.89. The second-order valence-corrected chi connectivity index (χ2v) is 2.52. The molecule has 3 heteroatoms. The van der Waals surface area contributed by atoms with Gasteiger partial charge in [0.1, 0.15) is 0 Å². The molecule has 11 heavy (non-hydrogen) atoms. The molecule has 0 saturated carbocycles. The standard InChI is InChI=1S/C8H15NO2/c1-3-5-6-8(4-2)7-9(10)11/h5-6,8H,3-4,7H2,1-2H3/b6-5+/t8-/m0/s1. The van der Waals surface area contributed by atoms with E-state index in [4.69, 9.17) is 0 Å². The SMILES string of the molecule is CC/C=C/[C@H](CC)C[N+](=O)[O-]. The molecule has 1 atom stereocenters. The molecule has 0 aliphatic rings. The van der Waals surface area contributed by atoms with Crippen molar-refractivity contribution < 1.29 is 4.92 Å². The third-order valence-electron chi connectivity index (χ3n) is 1.55. The summed E-state index contributed by atoms with van der Waals surface area (Å²) in [5.41, 5.74) is 0. The van der Waals surface area contributed by atoms with Crippen molar-refractivity contribution in [1.82, 2.24) is 0 Å². The van der Waals surface area contributed by atoms with Gasteiger partial charge in [-0.1, -0.05) is 26.0 Å². The van der Waals surface area contributed by atoms with E-state index in [-0.39, 0.29) is 17.4 Å². The quantitative estimate of drug-likeness (QED) is 0.349. The molecule has 0 amide bonds. The van der Waals surface area contributed by atoms with Crippen LogP contribution in [0.2, 0.25) is 0 Å². The van der Waals surface area contributed by atoms with Crippen LogP contribution in [-0.2, 0) is 0 Å². The van der Waals surface area contributed by atoms with E-state index in [1.807, 2.05) is 26.0 Å². The van der Waals surface area contributed by atoms with E-state index >= 15 is 0 Å². The minimum atomic E-state index is -0.256. The summed E-state index contributed by atoms with van der Waals surface area (Å²) in [7, 11) is 0. The zero-order valence-corrected chi connectivity index (χ0v) is 7.12. The Morgan fingerprint density at radius 1 is 1.55 bits per heavy atom. The lowest BCUT2D eigenvalue weighted by Crippen LogP contribution is -2.10. The van der Waals surface area contributed by atoms with Gasteiger partial charge < -0.3 is 0 Å². The third kappa shape index (κ3) is 5.58. The Kier molecular flexibility index (Phi) is 5.43. The first kappa shape index (κ1) is 10.1. The molecule has 0 heterocycles. The van der Waals surface area contributed by atoms with Crippen LogP contribution in [0.4, 0.5) is 0 Å². The number of rotatable bonds is 5. The molecule has 64 valence electrons. The van der Waals surface area contributed by atoms with Crippen molar-refractivity contribution in [2.45, 2.75) is 26.7 Å². The van der Waals surface area contributed by atoms with Crippen molar-refractivity contribution in [3.63, 3.8) is 0 Å². The Morgan fingerprint density at radius 3 is 2.55 bits per heavy atom. The van der Waals surface area contributed by atoms with Crippen molar-refractivity contribution in [2.75, 3.05) is 6.54 Å². The Labute approximate surface area is 67.3 Å². The lowest BCUT2D eigenvalue weighted by atomic mass is 10.1. The molecule has 0 N–H and O–H groups in total. The minimum Gasteiger partial charge on any atom is -0.265 e. The molecule has 0 fully saturated rings. The average molecular weight is 157 g/mol. The summed E-state index contributed by atoms with van der Waals surface area (Å²) >= 11 is 0. The number of hydrogen-bond acceptors (Lipinski definition) is 2. The van der Waals surface area contributed by atoms with Crippen LogP contribution in [0.25, 0.3) is 0 Å². The molecule has 0 bridgehead atoms. The van der Waals surface area contributed by atoms with Gasteiger partial charge in [-0.15, -0.1) is 0 Å². The van der Waals surface area contributed by atoms with Gasteiger partial charge >= 0.3 is 0 Å². The van der Waals surface area contributed by atoms with Gasteiger partial charge in [0.25, 0.3) is 0 Å². The van der Waals surface area contributed by atoms with Crippen molar-refractivity contribution in [1.29, 1.82) is 0 Å². The topological polar surface area (TPSA) is 43.1 Å². The maximum atomic E-state index is 10.1. The summed E-state index contributed by atoms with van der Waals surface area (Å²) in [6.07, 6.45) is 5.71. The normalized spacial score (nSPS) is 13.6. The predicted octanol–water partition coefficient (Wildman–Crippen LogP) is 2.26. The smallest absolute Gasteiger partial charge is 0.210 e. The maximum Gasteiger partial charge on any atom is 0.210 e. The number of hydrogen-bond donors (Lipinski definition) is 0. The van der Waals surface area contributed by atoms with Crippen LogP contribution in [0.5, 0.6) is 0 Å². The number of allylic oxidation sites excluding steroid dienone is 1. The lowest BCUT2D eigenvalue weighted by Gasteiger charge is -2.02. The predicted molar refractivity (Wildman–Crippen MR) is 45.1 cm³/mol. The minimum absolute atomic E-state index is 0.0625. The van der Waals surface area contributed by atoms with Crippen LogP contribution < -0.4 is 0 Å². The molecule has 0 aromatic carbocycles. The molecule has 0 aromatic rings. The lowest BCUT2D eigenvalue weighted by molar-refractivity contribution is -0.485. The Bertz CT molecular complexity index is 143. The highest BCUT2D eigenvalue weighted by Crippen LogP contribution is 2.04. The Morgan fingerprint density at radius 2 is 2.18 bits per heavy atom. The summed E-state index contributed by atoms with van der Waals surface area (Å²) in [5, 5.41) is 10.1. The highest BCUT2D eigenvalue weighted by Gasteiger charge is 2.07. The van der Waals surface area contributed by atoms with Crippen LogP contribution >= 0.6 is 0 Å². The van der Waals surface area contributed by atoms with E-state index in [1.54, 1.807) is 0 Å². The first-order valence-electron chi connectivity index (χ1n) is 3.99. The van der Waals surface area contributed by atoms with Crippen molar-refractivity contribution >= 4 is 0 Å². The van der Waals surface area contributed by atoms with Crippen LogP contribution in [0.3, 0.4) is 0 Å². The van der Waals surface area contributed by atoms with E-state index < -0.39 is 0 Å². The largest absolute Gasteiger partial charge is 0.265 e. The molecule has 3 nitrogen and oxygen atoms in total. The molecule has 0 saturated heterocycles. The maximum absolute atomic E-state index is 10.1. The van der Waals surface area contributed by atoms with Crippen molar-refractivity contribution in [2.24, 2.45) is 5.92 Å². The number of nitrogens with zero attached hydrogens (tertiary/aromatic N) is 1. The van der Waals surface area contributed by atoms with E-state index in [0.29, 0.717) is 0 Å². The molecule has 0 aliphatic heterocycles. The first-order chi connectivity index (χ1) is 5.20. The van der Waals surface area contributed by atoms with Gasteiger partial charge in [-0.3, -0.25) is 10.1 Å². The fourth-order valence-electron chi connectivity index (χ4n) is 0.846. The average Bonchev–Trinajstić information content (AvgIpc) is 1.97. The van der Waals surface area contributed by atoms with Gasteiger partial charge in [-0.05, 0) is 12.8 Å². The van der Waals surface area contributed by atoms with E-state index in [0.717, 1.165) is 12.8 Å². The molecule has 0 aliphatic carbocycles. The molecule has 0 radical (unpaired) electrons. The number of nitro groups is 1.